The molecule has 32 heteroatoms. The average Bonchev–Trinajstić information content (AvgIpc) is 1.55. The van der Waals surface area contributed by atoms with Crippen molar-refractivity contribution in [2.45, 2.75) is 274 Å². The molecular formula is C72H110N12O20. The number of rotatable bonds is 36. The van der Waals surface area contributed by atoms with E-state index in [2.05, 4.69) is 54.8 Å². The number of primary amides is 1. The molecule has 1 fully saturated rings. The molecule has 13 atom stereocenters. The van der Waals surface area contributed by atoms with E-state index in [1.807, 2.05) is 0 Å². The first kappa shape index (κ1) is 87.1. The number of fused-ring (bicyclic) bond motifs is 23. The van der Waals surface area contributed by atoms with E-state index in [9.17, 15) is 92.7 Å². The quantitative estimate of drug-likeness (QED) is 0.0196. The number of hydrogen-bond donors (Lipinski definition) is 16. The van der Waals surface area contributed by atoms with Gasteiger partial charge in [-0.25, -0.2) is 4.79 Å². The largest absolute Gasteiger partial charge is 0.508 e. The third kappa shape index (κ3) is 31.0. The number of aliphatic hydroxyl groups is 2. The molecule has 3 aliphatic heterocycles. The van der Waals surface area contributed by atoms with Gasteiger partial charge in [0.15, 0.2) is 0 Å². The van der Waals surface area contributed by atoms with Gasteiger partial charge in [0.1, 0.15) is 71.9 Å². The van der Waals surface area contributed by atoms with E-state index in [4.69, 9.17) is 16.2 Å². The van der Waals surface area contributed by atoms with Crippen molar-refractivity contribution in [3.63, 3.8) is 0 Å². The molecule has 0 radical (unpaired) electrons. The molecule has 0 aromatic heterocycles. The van der Waals surface area contributed by atoms with Crippen molar-refractivity contribution < 1.29 is 97.4 Å². The number of carbonyl (C=O) groups is 14. The van der Waals surface area contributed by atoms with Gasteiger partial charge in [-0.2, -0.15) is 0 Å². The van der Waals surface area contributed by atoms with Crippen LogP contribution in [0.5, 0.6) is 11.5 Å². The normalized spacial score (nSPS) is 21.9. The minimum atomic E-state index is -1.98. The van der Waals surface area contributed by atoms with Crippen molar-refractivity contribution in [3.05, 3.63) is 59.7 Å². The Morgan fingerprint density at radius 2 is 1.17 bits per heavy atom. The van der Waals surface area contributed by atoms with Crippen LogP contribution in [0.1, 0.15) is 200 Å². The highest BCUT2D eigenvalue weighted by molar-refractivity contribution is 5.99. The highest BCUT2D eigenvalue weighted by Crippen LogP contribution is 2.23. The van der Waals surface area contributed by atoms with Gasteiger partial charge in [0, 0.05) is 38.6 Å². The van der Waals surface area contributed by atoms with Crippen molar-refractivity contribution in [2.75, 3.05) is 13.1 Å². The van der Waals surface area contributed by atoms with Gasteiger partial charge in [-0.05, 0) is 113 Å². The van der Waals surface area contributed by atoms with Crippen molar-refractivity contribution in [1.29, 1.82) is 0 Å². The predicted molar refractivity (Wildman–Crippen MR) is 379 cm³/mol. The lowest BCUT2D eigenvalue weighted by Gasteiger charge is -2.30. The highest BCUT2D eigenvalue weighted by Gasteiger charge is 2.41. The summed E-state index contributed by atoms with van der Waals surface area (Å²) in [5.74, 6) is -15.4. The lowest BCUT2D eigenvalue weighted by molar-refractivity contribution is -0.143. The number of amides is 11. The number of esters is 1. The third-order valence-electron chi connectivity index (χ3n) is 18.4. The zero-order valence-corrected chi connectivity index (χ0v) is 60.4. The first-order valence-electron chi connectivity index (χ1n) is 36.3. The third-order valence-corrected chi connectivity index (χ3v) is 18.4. The second-order valence-electron chi connectivity index (χ2n) is 27.1. The maximum absolute atomic E-state index is 14.8. The standard InChI is InChI=1S/C72H110N12O20/c1-6-8-9-10-11-12-13-14-15-16-17-20-48(87)41-58(89)76-51(32-35-59(90)91)65(96)77-50(21-18-37-73)64(95)80-55-40-46-25-29-49(30-26-46)104-72(103)61(42(3)7-2)82-67(98)54(39-45-23-27-47(86)28-24-45)81-66(97)52(31-34-57(74)88)78-69(100)56-22-19-38-84(56)71(102)43(4)75-63(94)53(33-36-60(92)93)79-70(101)62(44(5)85)83-68(55)99/h23-30,42-44,48,50-56,61-62,85-87H,6-22,31-41,73H2,1-5H3,(H2,74,88)(H,75,94)(H,76,89)(H,77,96)(H,78,100)(H,79,101)(H,80,95)(H,81,97)(H,82,98)(H,83,99)(H,90,91)(H,92,93)/t42-,43-,44+,48?,50+,51-,52-,53-,54+,55-,56-,61-,62+/m0/s1. The van der Waals surface area contributed by atoms with Gasteiger partial charge >= 0.3 is 17.9 Å². The van der Waals surface area contributed by atoms with Gasteiger partial charge < -0.3 is 94.5 Å². The van der Waals surface area contributed by atoms with Crippen LogP contribution >= 0.6 is 0 Å². The van der Waals surface area contributed by atoms with Crippen molar-refractivity contribution in [2.24, 2.45) is 17.4 Å². The van der Waals surface area contributed by atoms with Crippen LogP contribution in [0, 0.1) is 5.92 Å². The Labute approximate surface area is 606 Å². The van der Waals surface area contributed by atoms with Gasteiger partial charge in [-0.3, -0.25) is 62.3 Å². The number of benzene rings is 2. The number of unbranched alkanes of at least 4 members (excludes halogenated alkanes) is 10. The Balaban J connectivity index is 1.75. The number of nitrogens with one attached hydrogen (secondary N) is 9. The first-order valence-corrected chi connectivity index (χ1v) is 36.3. The number of nitrogens with zero attached hydrogens (tertiary/aromatic N) is 1. The summed E-state index contributed by atoms with van der Waals surface area (Å²) in [7, 11) is 0. The Bertz CT molecular complexity index is 3190. The summed E-state index contributed by atoms with van der Waals surface area (Å²) in [6.45, 7) is 7.83. The SMILES string of the molecule is CCCCCCCCCCCCCC(O)CC(=O)N[C@@H](CCC(=O)O)C(=O)N[C@H](CCCN)C(=O)N[C@H]1Cc2ccc(cc2)OC(=O)[C@H]([C@@H](C)CC)NC(=O)[C@@H](Cc2ccc(O)cc2)NC(=O)[C@H](CCC(N)=O)NC(=O)[C@@H]2CCCN2C(=O)[C@H](C)NC(=O)[C@H](CCC(=O)O)NC(=O)[C@@H]([C@@H](C)O)NC1=O. The number of phenols is 1. The number of aliphatic hydroxyl groups excluding tert-OH is 2. The van der Waals surface area contributed by atoms with Crippen molar-refractivity contribution >= 4 is 82.9 Å². The fourth-order valence-electron chi connectivity index (χ4n) is 12.1. The van der Waals surface area contributed by atoms with Gasteiger partial charge in [0.25, 0.3) is 0 Å². The average molecular weight is 1460 g/mol. The van der Waals surface area contributed by atoms with Crippen molar-refractivity contribution in [3.8, 4) is 11.5 Å². The molecule has 1 saturated heterocycles. The summed E-state index contributed by atoms with van der Waals surface area (Å²) < 4.78 is 5.82. The molecule has 2 aromatic rings. The van der Waals surface area contributed by atoms with E-state index in [-0.39, 0.29) is 62.3 Å². The number of nitrogens with two attached hydrogens (primary N) is 2. The number of carbonyl (C=O) groups excluding carboxylic acids is 12. The summed E-state index contributed by atoms with van der Waals surface area (Å²) in [6.07, 6.45) is 5.34. The minimum Gasteiger partial charge on any atom is -0.508 e. The van der Waals surface area contributed by atoms with Crippen LogP contribution < -0.4 is 64.1 Å². The van der Waals surface area contributed by atoms with Gasteiger partial charge in [0.2, 0.25) is 65.0 Å². The molecule has 2 aromatic carbocycles. The molecule has 11 amide bonds. The highest BCUT2D eigenvalue weighted by atomic mass is 16.5. The van der Waals surface area contributed by atoms with Gasteiger partial charge in [-0.15, -0.1) is 0 Å². The lowest BCUT2D eigenvalue weighted by Crippen LogP contribution is -2.62. The monoisotopic (exact) mass is 1460 g/mol. The topological polar surface area (TPSA) is 513 Å². The Kier molecular flexibility index (Phi) is 38.3. The van der Waals surface area contributed by atoms with E-state index in [1.165, 1.54) is 87.6 Å². The van der Waals surface area contributed by atoms with Crippen LogP contribution in [-0.2, 0) is 80.0 Å². The van der Waals surface area contributed by atoms with Crippen LogP contribution in [0.3, 0.4) is 0 Å². The maximum Gasteiger partial charge on any atom is 0.334 e. The summed E-state index contributed by atoms with van der Waals surface area (Å²) in [5, 5.41) is 74.1. The van der Waals surface area contributed by atoms with Crippen LogP contribution in [0.4, 0.5) is 0 Å². The van der Waals surface area contributed by atoms with Crippen LogP contribution in [0.25, 0.3) is 0 Å². The maximum atomic E-state index is 14.8. The van der Waals surface area contributed by atoms with E-state index in [0.717, 1.165) is 43.9 Å². The first-order chi connectivity index (χ1) is 49.4. The Morgan fingerprint density at radius 3 is 1.76 bits per heavy atom. The smallest absolute Gasteiger partial charge is 0.334 e. The minimum absolute atomic E-state index is 0.0222. The molecule has 0 saturated carbocycles. The Hall–Kier alpha value is -9.30. The molecule has 0 spiro atoms. The number of carboxylic acids is 2. The molecule has 3 heterocycles. The summed E-state index contributed by atoms with van der Waals surface area (Å²) in [6, 6.07) is -4.87. The van der Waals surface area contributed by atoms with Crippen molar-refractivity contribution in [1.82, 2.24) is 52.8 Å². The summed E-state index contributed by atoms with van der Waals surface area (Å²) in [5.41, 5.74) is 12.0. The Morgan fingerprint density at radius 1 is 0.615 bits per heavy atom. The molecular weight excluding hydrogens is 1350 g/mol. The molecule has 578 valence electrons. The van der Waals surface area contributed by atoms with E-state index >= 15 is 0 Å². The van der Waals surface area contributed by atoms with Crippen LogP contribution in [0.2, 0.25) is 0 Å². The number of carboxylic acid groups (broad SMARTS) is 2. The van der Waals surface area contributed by atoms with Gasteiger partial charge in [0.05, 0.1) is 18.6 Å². The molecule has 32 nitrogen and oxygen atoms in total. The zero-order valence-electron chi connectivity index (χ0n) is 60.4. The second kappa shape index (κ2) is 45.7. The zero-order chi connectivity index (χ0) is 77.0. The number of aromatic hydroxyl groups is 1. The van der Waals surface area contributed by atoms with E-state index in [1.54, 1.807) is 13.8 Å². The number of aliphatic carboxylic acids is 2. The second-order valence-corrected chi connectivity index (χ2v) is 27.1. The molecule has 104 heavy (non-hydrogen) atoms. The van der Waals surface area contributed by atoms with Crippen LogP contribution in [-0.4, -0.2) is 199 Å². The number of ether oxygens (including phenoxy) is 1. The summed E-state index contributed by atoms with van der Waals surface area (Å²) in [4.78, 5) is 195. The molecule has 0 aliphatic carbocycles. The molecule has 3 aliphatic rings. The number of phenolic OH excluding ortho intramolecular Hbond substituents is 1. The molecule has 1 unspecified atom stereocenters. The van der Waals surface area contributed by atoms with Crippen LogP contribution in [0.15, 0.2) is 48.5 Å². The number of hydrogen-bond acceptors (Lipinski definition) is 19. The predicted octanol–water partition coefficient (Wildman–Crippen LogP) is 1.08. The van der Waals surface area contributed by atoms with Gasteiger partial charge in [-0.1, -0.05) is 122 Å². The van der Waals surface area contributed by atoms with E-state index in [0.29, 0.717) is 24.8 Å². The molecule has 5 rings (SSSR count). The lowest BCUT2D eigenvalue weighted by atomic mass is 9.97. The fourth-order valence-corrected chi connectivity index (χ4v) is 12.1. The summed E-state index contributed by atoms with van der Waals surface area (Å²) >= 11 is 0. The molecule has 18 N–H and O–H groups in total. The fraction of sp³-hybridized carbons (Fsp3) is 0.639. The van der Waals surface area contributed by atoms with E-state index < -0.39 is 213 Å². The molecule has 2 bridgehead atoms.